The highest BCUT2D eigenvalue weighted by molar-refractivity contribution is 5.87. The first-order chi connectivity index (χ1) is 8.72. The zero-order valence-corrected chi connectivity index (χ0v) is 9.97. The standard InChI is InChI=1S/C13H15N3O2/c17-13(18)10-1-2-12-15-11(8-16(12)7-10)5-9-3-4-14-6-9/h1-2,7-9,14H,3-6H2,(H,17,18). The monoisotopic (exact) mass is 245 g/mol. The Kier molecular flexibility index (Phi) is 2.76. The molecule has 1 unspecified atom stereocenters. The number of hydrogen-bond acceptors (Lipinski definition) is 3. The lowest BCUT2D eigenvalue weighted by Gasteiger charge is -2.03. The molecule has 1 atom stereocenters. The number of aromatic carboxylic acids is 1. The Labute approximate surface area is 104 Å². The lowest BCUT2D eigenvalue weighted by Crippen LogP contribution is -2.10. The summed E-state index contributed by atoms with van der Waals surface area (Å²) in [6, 6.07) is 3.34. The third kappa shape index (κ3) is 2.09. The predicted molar refractivity (Wildman–Crippen MR) is 66.8 cm³/mol. The van der Waals surface area contributed by atoms with E-state index in [1.807, 2.05) is 6.20 Å². The first-order valence-corrected chi connectivity index (χ1v) is 6.14. The van der Waals surface area contributed by atoms with Crippen molar-refractivity contribution in [2.75, 3.05) is 13.1 Å². The molecule has 1 aliphatic rings. The van der Waals surface area contributed by atoms with E-state index in [0.717, 1.165) is 30.9 Å². The molecule has 3 rings (SSSR count). The van der Waals surface area contributed by atoms with E-state index in [1.54, 1.807) is 22.7 Å². The third-order valence-electron chi connectivity index (χ3n) is 3.41. The van der Waals surface area contributed by atoms with Crippen LogP contribution in [0.4, 0.5) is 0 Å². The third-order valence-corrected chi connectivity index (χ3v) is 3.41. The van der Waals surface area contributed by atoms with E-state index in [0.29, 0.717) is 5.92 Å². The average Bonchev–Trinajstić information content (AvgIpc) is 2.96. The molecule has 3 heterocycles. The van der Waals surface area contributed by atoms with Crippen molar-refractivity contribution in [2.24, 2.45) is 5.92 Å². The van der Waals surface area contributed by atoms with Crippen LogP contribution in [0.2, 0.25) is 0 Å². The molecule has 0 aliphatic carbocycles. The van der Waals surface area contributed by atoms with Crippen LogP contribution in [-0.4, -0.2) is 33.6 Å². The van der Waals surface area contributed by atoms with Gasteiger partial charge in [-0.1, -0.05) is 0 Å². The molecule has 2 N–H and O–H groups in total. The number of aromatic nitrogens is 2. The van der Waals surface area contributed by atoms with Gasteiger partial charge in [-0.2, -0.15) is 0 Å². The summed E-state index contributed by atoms with van der Waals surface area (Å²) in [7, 11) is 0. The fraction of sp³-hybridized carbons (Fsp3) is 0.385. The summed E-state index contributed by atoms with van der Waals surface area (Å²) in [6.07, 6.45) is 5.69. The van der Waals surface area contributed by atoms with E-state index in [-0.39, 0.29) is 5.56 Å². The quantitative estimate of drug-likeness (QED) is 0.852. The van der Waals surface area contributed by atoms with Crippen molar-refractivity contribution >= 4 is 11.6 Å². The minimum Gasteiger partial charge on any atom is -0.478 e. The summed E-state index contributed by atoms with van der Waals surface area (Å²) in [5.74, 6) is -0.263. The van der Waals surface area contributed by atoms with Gasteiger partial charge in [0.05, 0.1) is 11.3 Å². The van der Waals surface area contributed by atoms with Crippen LogP contribution >= 0.6 is 0 Å². The summed E-state index contributed by atoms with van der Waals surface area (Å²) in [4.78, 5) is 15.4. The number of carboxylic acid groups (broad SMARTS) is 1. The van der Waals surface area contributed by atoms with E-state index in [9.17, 15) is 4.79 Å². The molecule has 5 nitrogen and oxygen atoms in total. The Morgan fingerprint density at radius 1 is 1.50 bits per heavy atom. The smallest absolute Gasteiger partial charge is 0.337 e. The summed E-state index contributed by atoms with van der Waals surface area (Å²) in [6.45, 7) is 2.13. The molecule has 0 bridgehead atoms. The van der Waals surface area contributed by atoms with Gasteiger partial charge in [0, 0.05) is 12.4 Å². The minimum absolute atomic E-state index is 0.286. The number of nitrogens with one attached hydrogen (secondary N) is 1. The number of carbonyl (C=O) groups is 1. The second kappa shape index (κ2) is 4.42. The van der Waals surface area contributed by atoms with Gasteiger partial charge in [-0.3, -0.25) is 0 Å². The van der Waals surface area contributed by atoms with Crippen LogP contribution in [0.15, 0.2) is 24.5 Å². The normalized spacial score (nSPS) is 19.4. The first kappa shape index (κ1) is 11.2. The second-order valence-electron chi connectivity index (χ2n) is 4.78. The summed E-state index contributed by atoms with van der Waals surface area (Å²) in [5.41, 5.74) is 2.13. The maximum atomic E-state index is 10.9. The lowest BCUT2D eigenvalue weighted by molar-refractivity contribution is 0.0696. The SMILES string of the molecule is O=C(O)c1ccc2nc(CC3CCNC3)cn2c1. The van der Waals surface area contributed by atoms with Gasteiger partial charge in [-0.15, -0.1) is 0 Å². The molecular weight excluding hydrogens is 230 g/mol. The van der Waals surface area contributed by atoms with Gasteiger partial charge in [0.25, 0.3) is 0 Å². The van der Waals surface area contributed by atoms with Crippen molar-refractivity contribution in [2.45, 2.75) is 12.8 Å². The highest BCUT2D eigenvalue weighted by Gasteiger charge is 2.16. The van der Waals surface area contributed by atoms with Gasteiger partial charge in [-0.05, 0) is 44.0 Å². The number of imidazole rings is 1. The Balaban J connectivity index is 1.87. The molecule has 0 amide bonds. The highest BCUT2D eigenvalue weighted by atomic mass is 16.4. The first-order valence-electron chi connectivity index (χ1n) is 6.14. The molecule has 2 aromatic rings. The van der Waals surface area contributed by atoms with Crippen molar-refractivity contribution in [1.82, 2.24) is 14.7 Å². The van der Waals surface area contributed by atoms with Crippen LogP contribution in [-0.2, 0) is 6.42 Å². The van der Waals surface area contributed by atoms with Crippen LogP contribution in [0.3, 0.4) is 0 Å². The molecule has 1 saturated heterocycles. The predicted octanol–water partition coefficient (Wildman–Crippen LogP) is 1.18. The largest absolute Gasteiger partial charge is 0.478 e. The number of nitrogens with zero attached hydrogens (tertiary/aromatic N) is 2. The Bertz CT molecular complexity index is 585. The van der Waals surface area contributed by atoms with E-state index < -0.39 is 5.97 Å². The van der Waals surface area contributed by atoms with Crippen molar-refractivity contribution < 1.29 is 9.90 Å². The van der Waals surface area contributed by atoms with Crippen molar-refractivity contribution in [3.63, 3.8) is 0 Å². The maximum absolute atomic E-state index is 10.9. The van der Waals surface area contributed by atoms with E-state index in [2.05, 4.69) is 10.3 Å². The van der Waals surface area contributed by atoms with E-state index in [4.69, 9.17) is 5.11 Å². The lowest BCUT2D eigenvalue weighted by atomic mass is 10.0. The number of rotatable bonds is 3. The zero-order chi connectivity index (χ0) is 12.5. The molecule has 1 fully saturated rings. The van der Waals surface area contributed by atoms with Crippen molar-refractivity contribution in [1.29, 1.82) is 0 Å². The Morgan fingerprint density at radius 3 is 3.11 bits per heavy atom. The summed E-state index contributed by atoms with van der Waals surface area (Å²) in [5, 5.41) is 12.3. The molecule has 5 heteroatoms. The molecule has 1 aliphatic heterocycles. The van der Waals surface area contributed by atoms with Gasteiger partial charge >= 0.3 is 5.97 Å². The molecule has 0 radical (unpaired) electrons. The Hall–Kier alpha value is -1.88. The maximum Gasteiger partial charge on any atom is 0.337 e. The molecule has 0 saturated carbocycles. The van der Waals surface area contributed by atoms with E-state index >= 15 is 0 Å². The highest BCUT2D eigenvalue weighted by Crippen LogP contribution is 2.16. The zero-order valence-electron chi connectivity index (χ0n) is 9.97. The number of fused-ring (bicyclic) bond motifs is 1. The van der Waals surface area contributed by atoms with Gasteiger partial charge in [0.15, 0.2) is 0 Å². The number of hydrogen-bond donors (Lipinski definition) is 2. The van der Waals surface area contributed by atoms with Gasteiger partial charge in [-0.25, -0.2) is 9.78 Å². The Morgan fingerprint density at radius 2 is 2.39 bits per heavy atom. The molecular formula is C13H15N3O2. The second-order valence-corrected chi connectivity index (χ2v) is 4.78. The van der Waals surface area contributed by atoms with Crippen LogP contribution in [0.1, 0.15) is 22.5 Å². The van der Waals surface area contributed by atoms with Crippen molar-refractivity contribution in [3.8, 4) is 0 Å². The summed E-state index contributed by atoms with van der Waals surface area (Å²) < 4.78 is 1.79. The van der Waals surface area contributed by atoms with Gasteiger partial charge in [0.1, 0.15) is 5.65 Å². The topological polar surface area (TPSA) is 66.6 Å². The van der Waals surface area contributed by atoms with Crippen LogP contribution < -0.4 is 5.32 Å². The van der Waals surface area contributed by atoms with Crippen molar-refractivity contribution in [3.05, 3.63) is 35.8 Å². The molecule has 2 aromatic heterocycles. The molecule has 18 heavy (non-hydrogen) atoms. The summed E-state index contributed by atoms with van der Waals surface area (Å²) >= 11 is 0. The number of carboxylic acids is 1. The fourth-order valence-corrected chi connectivity index (χ4v) is 2.45. The fourth-order valence-electron chi connectivity index (χ4n) is 2.45. The van der Waals surface area contributed by atoms with Crippen LogP contribution in [0.5, 0.6) is 0 Å². The van der Waals surface area contributed by atoms with Crippen LogP contribution in [0, 0.1) is 5.92 Å². The van der Waals surface area contributed by atoms with E-state index in [1.165, 1.54) is 6.42 Å². The molecule has 0 aromatic carbocycles. The number of pyridine rings is 1. The van der Waals surface area contributed by atoms with Crippen LogP contribution in [0.25, 0.3) is 5.65 Å². The van der Waals surface area contributed by atoms with Gasteiger partial charge < -0.3 is 14.8 Å². The molecule has 94 valence electrons. The minimum atomic E-state index is -0.910. The average molecular weight is 245 g/mol. The molecule has 0 spiro atoms. The van der Waals surface area contributed by atoms with Gasteiger partial charge in [0.2, 0.25) is 0 Å².